The van der Waals surface area contributed by atoms with E-state index in [9.17, 15) is 0 Å². The summed E-state index contributed by atoms with van der Waals surface area (Å²) in [6.45, 7) is 24.4. The minimum atomic E-state index is 1.16. The summed E-state index contributed by atoms with van der Waals surface area (Å²) in [5, 5.41) is 0. The fourth-order valence-electron chi connectivity index (χ4n) is 9.91. The first-order chi connectivity index (χ1) is 23.6. The molecule has 0 atom stereocenters. The topological polar surface area (TPSA) is 7.76 Å². The fraction of sp³-hybridized carbons (Fsp3) is 0.619. The van der Waals surface area contributed by atoms with Gasteiger partial charge in [0, 0.05) is 48.2 Å². The maximum Gasteiger partial charge on any atom is 0.168 e. The lowest BCUT2D eigenvalue weighted by Crippen LogP contribution is -2.74. The van der Waals surface area contributed by atoms with Crippen LogP contribution in [0.5, 0.6) is 0 Å². The molecule has 3 aromatic rings. The van der Waals surface area contributed by atoms with Crippen molar-refractivity contribution in [2.75, 3.05) is 91.6 Å². The number of rotatable bonds is 18. The van der Waals surface area contributed by atoms with E-state index in [-0.39, 0.29) is 0 Å². The first-order valence-corrected chi connectivity index (χ1v) is 19.9. The Morgan fingerprint density at radius 1 is 0.354 bits per heavy atom. The number of unbranched alkanes of at least 4 members (excludes halogenated alkanes) is 6. The Kier molecular flexibility index (Phi) is 10.9. The lowest BCUT2D eigenvalue weighted by molar-refractivity contribution is -1.09. The molecule has 0 aliphatic carbocycles. The summed E-state index contributed by atoms with van der Waals surface area (Å²) in [5.74, 6) is 0. The summed E-state index contributed by atoms with van der Waals surface area (Å²) in [6, 6.07) is 22.8. The van der Waals surface area contributed by atoms with E-state index in [0.29, 0.717) is 0 Å². The zero-order chi connectivity index (χ0) is 32.6. The van der Waals surface area contributed by atoms with Crippen LogP contribution in [0.25, 0.3) is 0 Å². The van der Waals surface area contributed by atoms with E-state index in [1.54, 1.807) is 11.1 Å². The molecule has 2 aromatic heterocycles. The zero-order valence-corrected chi connectivity index (χ0v) is 30.2. The van der Waals surface area contributed by atoms with E-state index < -0.39 is 0 Å². The second-order valence-corrected chi connectivity index (χ2v) is 16.7. The van der Waals surface area contributed by atoms with E-state index in [0.717, 1.165) is 13.1 Å². The molecule has 0 spiro atoms. The van der Waals surface area contributed by atoms with Crippen molar-refractivity contribution in [1.29, 1.82) is 0 Å². The van der Waals surface area contributed by atoms with Crippen LogP contribution < -0.4 is 9.13 Å². The van der Waals surface area contributed by atoms with Gasteiger partial charge in [-0.2, -0.15) is 0 Å². The highest BCUT2D eigenvalue weighted by Crippen LogP contribution is 2.32. The van der Waals surface area contributed by atoms with Crippen LogP contribution in [0.4, 0.5) is 0 Å². The molecule has 0 radical (unpaired) electrons. The quantitative estimate of drug-likeness (QED) is 0.102. The largest absolute Gasteiger partial charge is 0.310 e. The predicted molar refractivity (Wildman–Crippen MR) is 193 cm³/mol. The second-order valence-electron chi connectivity index (χ2n) is 16.7. The van der Waals surface area contributed by atoms with Crippen molar-refractivity contribution in [3.63, 3.8) is 0 Å². The van der Waals surface area contributed by atoms with Gasteiger partial charge in [-0.15, -0.1) is 0 Å². The number of pyridine rings is 2. The molecule has 0 N–H and O–H groups in total. The van der Waals surface area contributed by atoms with Crippen LogP contribution in [-0.2, 0) is 26.2 Å². The fourth-order valence-corrected chi connectivity index (χ4v) is 9.91. The molecule has 6 aliphatic rings. The van der Waals surface area contributed by atoms with Crippen molar-refractivity contribution in [2.45, 2.75) is 77.5 Å². The average Bonchev–Trinajstić information content (AvgIpc) is 3.15. The third kappa shape index (κ3) is 8.56. The van der Waals surface area contributed by atoms with Gasteiger partial charge in [-0.05, 0) is 38.5 Å². The van der Waals surface area contributed by atoms with Crippen LogP contribution in [-0.4, -0.2) is 110 Å². The predicted octanol–water partition coefficient (Wildman–Crippen LogP) is 5.10. The molecule has 8 heterocycles. The minimum absolute atomic E-state index is 1.16. The number of fused-ring (bicyclic) bond motifs is 6. The first-order valence-electron chi connectivity index (χ1n) is 19.9. The molecule has 6 heteroatoms. The van der Waals surface area contributed by atoms with Crippen LogP contribution in [0.15, 0.2) is 85.5 Å². The number of benzene rings is 1. The Labute approximate surface area is 292 Å². The maximum absolute atomic E-state index is 2.50. The van der Waals surface area contributed by atoms with Gasteiger partial charge in [-0.1, -0.05) is 36.4 Å². The molecule has 0 amide bonds. The lowest BCUT2D eigenvalue weighted by Gasteiger charge is -2.56. The van der Waals surface area contributed by atoms with Gasteiger partial charge in [0.25, 0.3) is 0 Å². The lowest BCUT2D eigenvalue weighted by atomic mass is 10.0. The van der Waals surface area contributed by atoms with Crippen LogP contribution >= 0.6 is 0 Å². The number of aromatic nitrogens is 2. The Morgan fingerprint density at radius 3 is 1.02 bits per heavy atom. The molecule has 258 valence electrons. The normalized spacial score (nSPS) is 29.3. The van der Waals surface area contributed by atoms with Crippen LogP contribution in [0, 0.1) is 0 Å². The number of hydrogen-bond acceptors (Lipinski definition) is 0. The summed E-state index contributed by atoms with van der Waals surface area (Å²) in [6.07, 6.45) is 19.8. The van der Waals surface area contributed by atoms with Gasteiger partial charge in [0.1, 0.15) is 105 Å². The average molecular weight is 655 g/mol. The number of piperazine rings is 6. The van der Waals surface area contributed by atoms with E-state index in [1.165, 1.54) is 174 Å². The molecule has 6 saturated heterocycles. The van der Waals surface area contributed by atoms with Crippen molar-refractivity contribution >= 4 is 0 Å². The van der Waals surface area contributed by atoms with Gasteiger partial charge < -0.3 is 17.9 Å². The Morgan fingerprint density at radius 2 is 0.667 bits per heavy atom. The highest BCUT2D eigenvalue weighted by Gasteiger charge is 2.49. The molecule has 6 aliphatic heterocycles. The summed E-state index contributed by atoms with van der Waals surface area (Å²) >= 11 is 0. The Bertz CT molecular complexity index is 1250. The van der Waals surface area contributed by atoms with Crippen LogP contribution in [0.1, 0.15) is 62.5 Å². The van der Waals surface area contributed by atoms with Gasteiger partial charge in [0.05, 0.1) is 13.1 Å². The van der Waals surface area contributed by atoms with Gasteiger partial charge in [-0.3, -0.25) is 0 Å². The Balaban J connectivity index is 0.789. The van der Waals surface area contributed by atoms with E-state index in [2.05, 4.69) is 94.6 Å². The first kappa shape index (κ1) is 33.8. The monoisotopic (exact) mass is 655 g/mol. The molecule has 6 nitrogen and oxygen atoms in total. The molecule has 0 unspecified atom stereocenters. The standard InChI is InChI=1S/C42H66N6/c1(7-19-43-21-9-5-10-22-43)3-13-25-45-27-33-47(34-28-45,35-29-45)39-41-15-17-42(18-16-41)40-48-36-30-46(31-37-48,32-38-48)26-14-4-2-8-20-44-23-11-6-12-24-44/h5-6,9-12,15-18,21-24H,1-4,7-8,13-14,19-20,25-40H2/q+6. The van der Waals surface area contributed by atoms with Crippen molar-refractivity contribution in [1.82, 2.24) is 0 Å². The van der Waals surface area contributed by atoms with Crippen molar-refractivity contribution in [3.05, 3.63) is 96.6 Å². The van der Waals surface area contributed by atoms with Crippen LogP contribution in [0.2, 0.25) is 0 Å². The molecule has 0 saturated carbocycles. The van der Waals surface area contributed by atoms with Gasteiger partial charge in [0.15, 0.2) is 24.8 Å². The number of nitrogens with zero attached hydrogens (tertiary/aromatic N) is 6. The third-order valence-corrected chi connectivity index (χ3v) is 13.5. The minimum Gasteiger partial charge on any atom is -0.310 e. The molecule has 9 rings (SSSR count). The van der Waals surface area contributed by atoms with Gasteiger partial charge in [0.2, 0.25) is 0 Å². The van der Waals surface area contributed by atoms with E-state index >= 15 is 0 Å². The summed E-state index contributed by atoms with van der Waals surface area (Å²) in [7, 11) is 0. The maximum atomic E-state index is 2.50. The number of hydrogen-bond donors (Lipinski definition) is 0. The molecule has 4 bridgehead atoms. The highest BCUT2D eigenvalue weighted by molar-refractivity contribution is 5.21. The summed E-state index contributed by atoms with van der Waals surface area (Å²) < 4.78 is 10.2. The van der Waals surface area contributed by atoms with Crippen molar-refractivity contribution < 1.29 is 27.1 Å². The molecule has 1 aromatic carbocycles. The molecular weight excluding hydrogens is 589 g/mol. The number of quaternary nitrogens is 4. The van der Waals surface area contributed by atoms with Crippen molar-refractivity contribution in [3.8, 4) is 0 Å². The SMILES string of the molecule is c1cc[n+](CCCCCC[N+]23CC[N+](Cc4ccc(C[N+]56CC[N+](CCCCCC[n+]7ccccc7)(CC5)CC6)cc4)(CC2)CC3)cc1. The highest BCUT2D eigenvalue weighted by atomic mass is 15.5. The molecule has 48 heavy (non-hydrogen) atoms. The van der Waals surface area contributed by atoms with E-state index in [4.69, 9.17) is 0 Å². The number of aryl methyl sites for hydroxylation is 2. The summed E-state index contributed by atoms with van der Waals surface area (Å²) in [4.78, 5) is 0. The van der Waals surface area contributed by atoms with E-state index in [1.807, 2.05) is 0 Å². The smallest absolute Gasteiger partial charge is 0.168 e. The third-order valence-electron chi connectivity index (χ3n) is 13.5. The summed E-state index contributed by atoms with van der Waals surface area (Å²) in [5.41, 5.74) is 3.15. The van der Waals surface area contributed by atoms with Gasteiger partial charge >= 0.3 is 0 Å². The second kappa shape index (κ2) is 15.5. The zero-order valence-electron chi connectivity index (χ0n) is 30.2. The van der Waals surface area contributed by atoms with Gasteiger partial charge in [-0.25, -0.2) is 9.13 Å². The Hall–Kier alpha value is -2.64. The van der Waals surface area contributed by atoms with Crippen molar-refractivity contribution in [2.24, 2.45) is 0 Å². The molecule has 6 fully saturated rings. The van der Waals surface area contributed by atoms with Crippen LogP contribution in [0.3, 0.4) is 0 Å². The molecular formula is C42H66N6+6.